The Kier molecular flexibility index (Phi) is 4.08. The summed E-state index contributed by atoms with van der Waals surface area (Å²) in [5, 5.41) is 8.78. The molecule has 0 spiro atoms. The molecular weight excluding hydrogens is 328 g/mol. The molecule has 0 unspecified atom stereocenters. The number of nitrogens with zero attached hydrogens (tertiary/aromatic N) is 4. The normalized spacial score (nSPS) is 17.8. The molecule has 0 atom stereocenters. The number of carbonyl (C=O) groups is 1. The summed E-state index contributed by atoms with van der Waals surface area (Å²) >= 11 is 0.981. The van der Waals surface area contributed by atoms with E-state index in [4.69, 9.17) is 5.11 Å². The van der Waals surface area contributed by atoms with Gasteiger partial charge in [0, 0.05) is 26.2 Å². The molecule has 1 aromatic heterocycles. The Balaban J connectivity index is 1.83. The maximum atomic E-state index is 12.8. The molecule has 0 aliphatic carbocycles. The fraction of sp³-hybridized carbons (Fsp3) is 0.417. The van der Waals surface area contributed by atoms with E-state index >= 15 is 0 Å². The molecule has 1 aromatic carbocycles. The second-order valence-corrected chi connectivity index (χ2v) is 7.40. The molecule has 8 nitrogen and oxygen atoms in total. The number of benzene rings is 1. The van der Waals surface area contributed by atoms with Crippen LogP contribution in [0.4, 0.5) is 0 Å². The maximum absolute atomic E-state index is 12.8. The zero-order valence-corrected chi connectivity index (χ0v) is 13.2. The highest BCUT2D eigenvalue weighted by atomic mass is 32.2. The topological polar surface area (TPSA) is 104 Å². The maximum Gasteiger partial charge on any atom is 0.317 e. The summed E-state index contributed by atoms with van der Waals surface area (Å²) < 4.78 is 35.0. The summed E-state index contributed by atoms with van der Waals surface area (Å²) in [6, 6.07) is 4.91. The second-order valence-electron chi connectivity index (χ2n) is 4.96. The van der Waals surface area contributed by atoms with Crippen LogP contribution in [-0.2, 0) is 14.8 Å². The number of piperazine rings is 1. The van der Waals surface area contributed by atoms with Crippen molar-refractivity contribution in [2.45, 2.75) is 4.90 Å². The van der Waals surface area contributed by atoms with Gasteiger partial charge in [-0.2, -0.15) is 13.1 Å². The average molecular weight is 342 g/mol. The summed E-state index contributed by atoms with van der Waals surface area (Å²) in [6.07, 6.45) is 0. The van der Waals surface area contributed by atoms with Crippen molar-refractivity contribution >= 4 is 38.8 Å². The molecule has 1 aliphatic heterocycles. The van der Waals surface area contributed by atoms with Gasteiger partial charge in [-0.15, -0.1) is 0 Å². The Bertz CT molecular complexity index is 796. The van der Waals surface area contributed by atoms with Crippen LogP contribution in [0.25, 0.3) is 11.0 Å². The highest BCUT2D eigenvalue weighted by molar-refractivity contribution is 7.89. The molecule has 0 radical (unpaired) electrons. The molecule has 3 rings (SSSR count). The fourth-order valence-corrected chi connectivity index (χ4v) is 4.62. The lowest BCUT2D eigenvalue weighted by Crippen LogP contribution is -2.49. The van der Waals surface area contributed by atoms with E-state index < -0.39 is 16.0 Å². The predicted octanol–water partition coefficient (Wildman–Crippen LogP) is 0.0822. The van der Waals surface area contributed by atoms with Gasteiger partial charge in [0.1, 0.15) is 15.9 Å². The van der Waals surface area contributed by atoms with E-state index in [2.05, 4.69) is 8.75 Å². The van der Waals surface area contributed by atoms with Crippen molar-refractivity contribution in [3.05, 3.63) is 18.2 Å². The van der Waals surface area contributed by atoms with E-state index in [9.17, 15) is 13.2 Å². The van der Waals surface area contributed by atoms with Crippen LogP contribution >= 0.6 is 11.7 Å². The molecule has 10 heteroatoms. The zero-order chi connectivity index (χ0) is 15.7. The summed E-state index contributed by atoms with van der Waals surface area (Å²) in [5.74, 6) is -0.908. The van der Waals surface area contributed by atoms with Crippen LogP contribution in [0.5, 0.6) is 0 Å². The van der Waals surface area contributed by atoms with E-state index in [1.165, 1.54) is 10.4 Å². The van der Waals surface area contributed by atoms with Crippen molar-refractivity contribution in [1.29, 1.82) is 0 Å². The number of carboxylic acids is 1. The summed E-state index contributed by atoms with van der Waals surface area (Å²) in [6.45, 7) is 1.26. The van der Waals surface area contributed by atoms with E-state index in [1.807, 2.05) is 0 Å². The standard InChI is InChI=1S/C12H14N4O4S2/c17-11(18)8-15-4-6-16(7-5-15)22(19,20)10-3-1-2-9-12(10)14-21-13-9/h1-3H,4-8H2,(H,17,18). The van der Waals surface area contributed by atoms with Crippen LogP contribution < -0.4 is 0 Å². The third kappa shape index (κ3) is 2.82. The van der Waals surface area contributed by atoms with Gasteiger partial charge in [-0.3, -0.25) is 9.69 Å². The fourth-order valence-electron chi connectivity index (χ4n) is 2.45. The lowest BCUT2D eigenvalue weighted by molar-refractivity contribution is -0.138. The number of hydrogen-bond donors (Lipinski definition) is 1. The van der Waals surface area contributed by atoms with Gasteiger partial charge in [-0.05, 0) is 12.1 Å². The predicted molar refractivity (Wildman–Crippen MR) is 80.2 cm³/mol. The molecule has 1 fully saturated rings. The van der Waals surface area contributed by atoms with Crippen molar-refractivity contribution in [3.8, 4) is 0 Å². The molecule has 2 aromatic rings. The first-order valence-electron chi connectivity index (χ1n) is 6.64. The van der Waals surface area contributed by atoms with E-state index in [0.717, 1.165) is 11.7 Å². The Morgan fingerprint density at radius 3 is 2.64 bits per heavy atom. The SMILES string of the molecule is O=C(O)CN1CCN(S(=O)(=O)c2cccc3nsnc23)CC1. The van der Waals surface area contributed by atoms with Gasteiger partial charge in [0.05, 0.1) is 18.3 Å². The quantitative estimate of drug-likeness (QED) is 0.839. The van der Waals surface area contributed by atoms with Crippen LogP contribution in [0, 0.1) is 0 Å². The van der Waals surface area contributed by atoms with Crippen LogP contribution in [0.15, 0.2) is 23.1 Å². The number of hydrogen-bond acceptors (Lipinski definition) is 7. The van der Waals surface area contributed by atoms with Crippen molar-refractivity contribution < 1.29 is 18.3 Å². The van der Waals surface area contributed by atoms with Gasteiger partial charge < -0.3 is 5.11 Å². The highest BCUT2D eigenvalue weighted by Crippen LogP contribution is 2.25. The van der Waals surface area contributed by atoms with Crippen molar-refractivity contribution in [2.75, 3.05) is 32.7 Å². The van der Waals surface area contributed by atoms with Gasteiger partial charge in [0.25, 0.3) is 0 Å². The van der Waals surface area contributed by atoms with Gasteiger partial charge in [-0.1, -0.05) is 6.07 Å². The van der Waals surface area contributed by atoms with E-state index in [1.54, 1.807) is 17.0 Å². The number of fused-ring (bicyclic) bond motifs is 1. The molecule has 0 saturated carbocycles. The molecule has 2 heterocycles. The highest BCUT2D eigenvalue weighted by Gasteiger charge is 2.30. The molecule has 118 valence electrons. The monoisotopic (exact) mass is 342 g/mol. The first-order chi connectivity index (χ1) is 10.5. The molecular formula is C12H14N4O4S2. The summed E-state index contributed by atoms with van der Waals surface area (Å²) in [7, 11) is -3.65. The lowest BCUT2D eigenvalue weighted by atomic mass is 10.3. The molecule has 0 bridgehead atoms. The summed E-state index contributed by atoms with van der Waals surface area (Å²) in [5.41, 5.74) is 0.955. The van der Waals surface area contributed by atoms with E-state index in [-0.39, 0.29) is 24.5 Å². The second kappa shape index (κ2) is 5.88. The van der Waals surface area contributed by atoms with Gasteiger partial charge >= 0.3 is 5.97 Å². The zero-order valence-electron chi connectivity index (χ0n) is 11.5. The van der Waals surface area contributed by atoms with E-state index in [0.29, 0.717) is 24.1 Å². The minimum atomic E-state index is -3.65. The number of aromatic nitrogens is 2. The minimum Gasteiger partial charge on any atom is -0.480 e. The third-order valence-corrected chi connectivity index (χ3v) is 6.03. The Hall–Kier alpha value is -1.62. The molecule has 1 aliphatic rings. The third-order valence-electron chi connectivity index (χ3n) is 3.56. The molecule has 1 saturated heterocycles. The van der Waals surface area contributed by atoms with Gasteiger partial charge in [0.15, 0.2) is 0 Å². The van der Waals surface area contributed by atoms with Crippen LogP contribution in [0.3, 0.4) is 0 Å². The molecule has 22 heavy (non-hydrogen) atoms. The van der Waals surface area contributed by atoms with Crippen molar-refractivity contribution in [3.63, 3.8) is 0 Å². The number of rotatable bonds is 4. The molecule has 1 N–H and O–H groups in total. The van der Waals surface area contributed by atoms with Crippen LogP contribution in [0.2, 0.25) is 0 Å². The minimum absolute atomic E-state index is 0.0700. The Morgan fingerprint density at radius 1 is 1.23 bits per heavy atom. The number of carboxylic acid groups (broad SMARTS) is 1. The number of aliphatic carboxylic acids is 1. The molecule has 0 amide bonds. The number of sulfonamides is 1. The first-order valence-corrected chi connectivity index (χ1v) is 8.81. The summed E-state index contributed by atoms with van der Waals surface area (Å²) in [4.78, 5) is 12.6. The van der Waals surface area contributed by atoms with Crippen LogP contribution in [-0.4, -0.2) is 70.2 Å². The van der Waals surface area contributed by atoms with Crippen molar-refractivity contribution in [1.82, 2.24) is 18.0 Å². The first kappa shape index (κ1) is 15.3. The van der Waals surface area contributed by atoms with Crippen molar-refractivity contribution in [2.24, 2.45) is 0 Å². The largest absolute Gasteiger partial charge is 0.480 e. The lowest BCUT2D eigenvalue weighted by Gasteiger charge is -2.32. The van der Waals surface area contributed by atoms with Crippen LogP contribution in [0.1, 0.15) is 0 Å². The van der Waals surface area contributed by atoms with Gasteiger partial charge in [-0.25, -0.2) is 8.42 Å². The van der Waals surface area contributed by atoms with Gasteiger partial charge in [0.2, 0.25) is 10.0 Å². The Morgan fingerprint density at radius 2 is 1.95 bits per heavy atom. The average Bonchev–Trinajstić information content (AvgIpc) is 2.95. The smallest absolute Gasteiger partial charge is 0.317 e. The Labute approximate surface area is 131 Å².